The minimum absolute atomic E-state index is 0.395. The zero-order valence-corrected chi connectivity index (χ0v) is 13.1. The molecule has 2 heterocycles. The summed E-state index contributed by atoms with van der Waals surface area (Å²) in [5, 5.41) is 11.4. The van der Waals surface area contributed by atoms with Crippen molar-refractivity contribution in [2.45, 2.75) is 46.5 Å². The number of aromatic nitrogens is 2. The number of rotatable bonds is 1. The molecule has 0 radical (unpaired) electrons. The molecule has 112 valence electrons. The lowest BCUT2D eigenvalue weighted by Crippen LogP contribution is -2.31. The van der Waals surface area contributed by atoms with Gasteiger partial charge < -0.3 is 10.2 Å². The fraction of sp³-hybridized carbons (Fsp3) is 0.812. The minimum Gasteiger partial charge on any atom is -0.354 e. The van der Waals surface area contributed by atoms with Gasteiger partial charge in [-0.2, -0.15) is 5.10 Å². The van der Waals surface area contributed by atoms with E-state index in [4.69, 9.17) is 0 Å². The van der Waals surface area contributed by atoms with Crippen molar-refractivity contribution in [3.05, 3.63) is 11.3 Å². The number of nitrogens with one attached hydrogen (secondary N) is 2. The third-order valence-corrected chi connectivity index (χ3v) is 4.99. The van der Waals surface area contributed by atoms with Crippen molar-refractivity contribution in [1.29, 1.82) is 0 Å². The maximum atomic E-state index is 4.65. The lowest BCUT2D eigenvalue weighted by molar-refractivity contribution is 0.215. The third-order valence-electron chi connectivity index (χ3n) is 4.99. The number of aromatic amines is 1. The predicted molar refractivity (Wildman–Crippen MR) is 83.3 cm³/mol. The van der Waals surface area contributed by atoms with Gasteiger partial charge in [0.15, 0.2) is 5.82 Å². The van der Waals surface area contributed by atoms with Crippen LogP contribution in [0.2, 0.25) is 0 Å². The summed E-state index contributed by atoms with van der Waals surface area (Å²) in [5.74, 6) is 2.01. The molecule has 1 aromatic rings. The predicted octanol–water partition coefficient (Wildman–Crippen LogP) is 2.36. The van der Waals surface area contributed by atoms with E-state index in [1.807, 2.05) is 0 Å². The highest BCUT2D eigenvalue weighted by Crippen LogP contribution is 2.39. The maximum Gasteiger partial charge on any atom is 0.153 e. The Morgan fingerprint density at radius 1 is 1.20 bits per heavy atom. The Hall–Kier alpha value is -1.03. The Bertz CT molecular complexity index is 450. The summed E-state index contributed by atoms with van der Waals surface area (Å²) in [6, 6.07) is 0. The normalized spacial score (nSPS) is 24.4. The van der Waals surface area contributed by atoms with E-state index >= 15 is 0 Å². The van der Waals surface area contributed by atoms with E-state index in [1.54, 1.807) is 0 Å². The van der Waals surface area contributed by atoms with Crippen LogP contribution in [0, 0.1) is 11.3 Å². The van der Waals surface area contributed by atoms with Crippen molar-refractivity contribution in [2.24, 2.45) is 11.3 Å². The topological polar surface area (TPSA) is 44.0 Å². The number of anilines is 1. The number of hydrogen-bond acceptors (Lipinski definition) is 3. The van der Waals surface area contributed by atoms with Crippen LogP contribution in [0.25, 0.3) is 0 Å². The number of aryl methyl sites for hydroxylation is 1. The lowest BCUT2D eigenvalue weighted by atomic mass is 9.72. The van der Waals surface area contributed by atoms with E-state index in [1.165, 1.54) is 36.3 Å². The van der Waals surface area contributed by atoms with E-state index in [0.717, 1.165) is 38.5 Å². The van der Waals surface area contributed by atoms with Gasteiger partial charge in [-0.1, -0.05) is 20.8 Å². The third kappa shape index (κ3) is 2.71. The highest BCUT2D eigenvalue weighted by Gasteiger charge is 2.32. The summed E-state index contributed by atoms with van der Waals surface area (Å²) in [4.78, 5) is 2.47. The first-order chi connectivity index (χ1) is 9.55. The van der Waals surface area contributed by atoms with E-state index in [0.29, 0.717) is 5.41 Å². The SMILES string of the molecule is CC(C)(C)C1CCc2[nH]nc(N3CCCNCC3)c2C1. The molecule has 1 aromatic heterocycles. The smallest absolute Gasteiger partial charge is 0.153 e. The van der Waals surface area contributed by atoms with Crippen LogP contribution in [-0.4, -0.2) is 36.4 Å². The summed E-state index contributed by atoms with van der Waals surface area (Å²) >= 11 is 0. The van der Waals surface area contributed by atoms with Gasteiger partial charge in [-0.3, -0.25) is 5.10 Å². The molecule has 0 bridgehead atoms. The summed E-state index contributed by atoms with van der Waals surface area (Å²) in [6.45, 7) is 11.5. The summed E-state index contributed by atoms with van der Waals surface area (Å²) < 4.78 is 0. The molecule has 1 fully saturated rings. The van der Waals surface area contributed by atoms with Crippen LogP contribution < -0.4 is 10.2 Å². The molecule has 0 saturated carbocycles. The average molecular weight is 276 g/mol. The van der Waals surface area contributed by atoms with Gasteiger partial charge in [-0.15, -0.1) is 0 Å². The van der Waals surface area contributed by atoms with Gasteiger partial charge in [0, 0.05) is 30.9 Å². The molecule has 0 amide bonds. The van der Waals surface area contributed by atoms with Crippen LogP contribution in [0.4, 0.5) is 5.82 Å². The monoisotopic (exact) mass is 276 g/mol. The van der Waals surface area contributed by atoms with E-state index in [-0.39, 0.29) is 0 Å². The van der Waals surface area contributed by atoms with Crippen molar-refractivity contribution in [3.63, 3.8) is 0 Å². The fourth-order valence-corrected chi connectivity index (χ4v) is 3.54. The van der Waals surface area contributed by atoms with Crippen molar-refractivity contribution in [3.8, 4) is 0 Å². The molecule has 4 nitrogen and oxygen atoms in total. The van der Waals surface area contributed by atoms with Crippen molar-refractivity contribution >= 4 is 5.82 Å². The van der Waals surface area contributed by atoms with Gasteiger partial charge >= 0.3 is 0 Å². The Morgan fingerprint density at radius 3 is 2.85 bits per heavy atom. The fourth-order valence-electron chi connectivity index (χ4n) is 3.54. The van der Waals surface area contributed by atoms with Gasteiger partial charge in [0.25, 0.3) is 0 Å². The molecule has 20 heavy (non-hydrogen) atoms. The molecule has 1 unspecified atom stereocenters. The molecule has 1 aliphatic heterocycles. The minimum atomic E-state index is 0.395. The molecule has 2 aliphatic rings. The molecule has 3 rings (SSSR count). The first-order valence-corrected chi connectivity index (χ1v) is 8.07. The summed E-state index contributed by atoms with van der Waals surface area (Å²) in [5.41, 5.74) is 3.28. The Balaban J connectivity index is 1.83. The van der Waals surface area contributed by atoms with Crippen LogP contribution in [0.3, 0.4) is 0 Å². The molecular weight excluding hydrogens is 248 g/mol. The van der Waals surface area contributed by atoms with Crippen LogP contribution >= 0.6 is 0 Å². The highest BCUT2D eigenvalue weighted by atomic mass is 15.3. The highest BCUT2D eigenvalue weighted by molar-refractivity contribution is 5.50. The van der Waals surface area contributed by atoms with E-state index in [2.05, 4.69) is 41.2 Å². The van der Waals surface area contributed by atoms with Crippen LogP contribution in [0.5, 0.6) is 0 Å². The Morgan fingerprint density at radius 2 is 2.05 bits per heavy atom. The molecule has 4 heteroatoms. The molecular formula is C16H28N4. The zero-order valence-electron chi connectivity index (χ0n) is 13.1. The molecule has 1 atom stereocenters. The molecule has 0 spiro atoms. The second kappa shape index (κ2) is 5.40. The van der Waals surface area contributed by atoms with E-state index < -0.39 is 0 Å². The van der Waals surface area contributed by atoms with Crippen molar-refractivity contribution in [1.82, 2.24) is 15.5 Å². The molecule has 1 saturated heterocycles. The van der Waals surface area contributed by atoms with Crippen molar-refractivity contribution < 1.29 is 0 Å². The standard InChI is InChI=1S/C16H28N4/c1-16(2,3)12-5-6-14-13(11-12)15(19-18-14)20-9-4-7-17-8-10-20/h12,17H,4-11H2,1-3H3,(H,18,19). The van der Waals surface area contributed by atoms with Crippen molar-refractivity contribution in [2.75, 3.05) is 31.1 Å². The molecule has 1 aliphatic carbocycles. The second-order valence-electron chi connectivity index (χ2n) is 7.40. The summed E-state index contributed by atoms with van der Waals surface area (Å²) in [7, 11) is 0. The van der Waals surface area contributed by atoms with Gasteiger partial charge in [0.1, 0.15) is 0 Å². The summed E-state index contributed by atoms with van der Waals surface area (Å²) in [6.07, 6.45) is 4.86. The van der Waals surface area contributed by atoms with E-state index in [9.17, 15) is 0 Å². The Kier molecular flexibility index (Phi) is 3.76. The van der Waals surface area contributed by atoms with Gasteiger partial charge in [-0.25, -0.2) is 0 Å². The number of fused-ring (bicyclic) bond motifs is 1. The zero-order chi connectivity index (χ0) is 14.2. The number of hydrogen-bond donors (Lipinski definition) is 2. The average Bonchev–Trinajstić information content (AvgIpc) is 2.64. The molecule has 2 N–H and O–H groups in total. The largest absolute Gasteiger partial charge is 0.354 e. The van der Waals surface area contributed by atoms with Gasteiger partial charge in [0.2, 0.25) is 0 Å². The number of H-pyrrole nitrogens is 1. The molecule has 0 aromatic carbocycles. The quantitative estimate of drug-likeness (QED) is 0.827. The van der Waals surface area contributed by atoms with Gasteiger partial charge in [-0.05, 0) is 43.6 Å². The Labute approximate surface area is 122 Å². The first kappa shape index (κ1) is 13.9. The second-order valence-corrected chi connectivity index (χ2v) is 7.40. The van der Waals surface area contributed by atoms with Crippen LogP contribution in [0.1, 0.15) is 44.9 Å². The lowest BCUT2D eigenvalue weighted by Gasteiger charge is -2.34. The van der Waals surface area contributed by atoms with Crippen LogP contribution in [-0.2, 0) is 12.8 Å². The maximum absolute atomic E-state index is 4.65. The first-order valence-electron chi connectivity index (χ1n) is 8.07. The number of nitrogens with zero attached hydrogens (tertiary/aromatic N) is 2. The van der Waals surface area contributed by atoms with Gasteiger partial charge in [0.05, 0.1) is 0 Å². The van der Waals surface area contributed by atoms with Crippen LogP contribution in [0.15, 0.2) is 0 Å².